The molecule has 0 saturated carbocycles. The lowest BCUT2D eigenvalue weighted by atomic mass is 9.96. The molecule has 0 spiro atoms. The molecule has 2 aromatic carbocycles. The molecular weight excluding hydrogens is 643 g/mol. The third-order valence-corrected chi connectivity index (χ3v) is 7.68. The number of hydrogen-bond donors (Lipinski definition) is 4. The first-order valence-corrected chi connectivity index (χ1v) is 14.9. The molecule has 1 fully saturated rings. The number of aryl methyl sites for hydroxylation is 3. The number of carboxylic acids is 1. The van der Waals surface area contributed by atoms with E-state index < -0.39 is 12.1 Å². The van der Waals surface area contributed by atoms with Gasteiger partial charge in [-0.05, 0) is 74.1 Å². The molecule has 0 aliphatic carbocycles. The van der Waals surface area contributed by atoms with Crippen LogP contribution in [-0.4, -0.2) is 62.2 Å². The zero-order chi connectivity index (χ0) is 33.7. The number of piperidine rings is 1. The maximum atomic E-state index is 13.4. The molecule has 6 bridgehead atoms. The smallest absolute Gasteiger partial charge is 0.475 e. The molecule has 2 amide bonds. The second-order valence-corrected chi connectivity index (χ2v) is 11.3. The number of carbonyl (C=O) groups excluding carboxylic acids is 2. The van der Waals surface area contributed by atoms with Gasteiger partial charge in [0.1, 0.15) is 10.8 Å². The molecule has 4 heterocycles. The summed E-state index contributed by atoms with van der Waals surface area (Å²) in [7, 11) is 0. The van der Waals surface area contributed by atoms with E-state index in [2.05, 4.69) is 43.2 Å². The van der Waals surface area contributed by atoms with Crippen LogP contribution in [-0.2, 0) is 22.4 Å². The number of alkyl halides is 3. The van der Waals surface area contributed by atoms with Crippen LogP contribution in [0.3, 0.4) is 0 Å². The second-order valence-electron chi connectivity index (χ2n) is 10.9. The minimum atomic E-state index is -5.08. The molecule has 47 heavy (non-hydrogen) atoms. The minimum absolute atomic E-state index is 0.108. The number of nitrogens with zero attached hydrogens (tertiary/aromatic N) is 4. The monoisotopic (exact) mass is 671 g/mol. The number of aliphatic carboxylic acids is 1. The lowest BCUT2D eigenvalue weighted by Gasteiger charge is -2.31. The van der Waals surface area contributed by atoms with Gasteiger partial charge in [-0.15, -0.1) is 0 Å². The Labute approximate surface area is 271 Å². The number of likely N-dealkylation sites (tertiary alicyclic amines) is 1. The van der Waals surface area contributed by atoms with E-state index in [-0.39, 0.29) is 23.4 Å². The van der Waals surface area contributed by atoms with Crippen molar-refractivity contribution in [3.63, 3.8) is 0 Å². The van der Waals surface area contributed by atoms with Gasteiger partial charge >= 0.3 is 12.1 Å². The average Bonchev–Trinajstić information content (AvgIpc) is 3.48. The summed E-state index contributed by atoms with van der Waals surface area (Å²) in [6, 6.07) is 15.5. The van der Waals surface area contributed by atoms with Gasteiger partial charge in [0.25, 0.3) is 5.91 Å². The average molecular weight is 672 g/mol. The fourth-order valence-corrected chi connectivity index (χ4v) is 5.24. The highest BCUT2D eigenvalue weighted by molar-refractivity contribution is 6.32. The fraction of sp³-hybridized carbons (Fsp3) is 0.290. The van der Waals surface area contributed by atoms with Crippen LogP contribution >= 0.6 is 11.6 Å². The molecule has 2 aromatic heterocycles. The molecule has 2 aliphatic rings. The molecule has 2 aliphatic heterocycles. The van der Waals surface area contributed by atoms with Crippen molar-refractivity contribution >= 4 is 58.2 Å². The van der Waals surface area contributed by atoms with E-state index in [1.807, 2.05) is 30.3 Å². The largest absolute Gasteiger partial charge is 0.490 e. The van der Waals surface area contributed by atoms with Crippen LogP contribution in [0, 0.1) is 12.8 Å². The first-order chi connectivity index (χ1) is 22.4. The van der Waals surface area contributed by atoms with Crippen LogP contribution in [0.25, 0.3) is 0 Å². The molecule has 4 N–H and O–H groups in total. The normalized spacial score (nSPS) is 15.7. The number of anilines is 5. The predicted octanol–water partition coefficient (Wildman–Crippen LogP) is 6.14. The van der Waals surface area contributed by atoms with Crippen molar-refractivity contribution in [1.29, 1.82) is 0 Å². The third-order valence-electron chi connectivity index (χ3n) is 7.41. The summed E-state index contributed by atoms with van der Waals surface area (Å²) in [5.41, 5.74) is 4.79. The molecular formula is C31H29ClF3N7O5. The van der Waals surface area contributed by atoms with Gasteiger partial charge in [0.2, 0.25) is 11.9 Å². The number of halogens is 4. The summed E-state index contributed by atoms with van der Waals surface area (Å²) in [5, 5.41) is 21.0. The lowest BCUT2D eigenvalue weighted by molar-refractivity contribution is -0.192. The van der Waals surface area contributed by atoms with Crippen LogP contribution in [0.15, 0.2) is 59.3 Å². The van der Waals surface area contributed by atoms with E-state index in [9.17, 15) is 22.8 Å². The van der Waals surface area contributed by atoms with Gasteiger partial charge in [0.05, 0.1) is 12.1 Å². The van der Waals surface area contributed by atoms with Gasteiger partial charge < -0.3 is 30.5 Å². The van der Waals surface area contributed by atoms with Crippen molar-refractivity contribution in [1.82, 2.24) is 20.0 Å². The molecule has 16 heteroatoms. The minimum Gasteiger partial charge on any atom is -0.475 e. The van der Waals surface area contributed by atoms with E-state index >= 15 is 0 Å². The molecule has 4 aromatic rings. The highest BCUT2D eigenvalue weighted by atomic mass is 35.5. The Hall–Kier alpha value is -5.18. The maximum Gasteiger partial charge on any atom is 0.490 e. The van der Waals surface area contributed by atoms with Crippen molar-refractivity contribution in [3.8, 4) is 0 Å². The van der Waals surface area contributed by atoms with Gasteiger partial charge in [-0.3, -0.25) is 9.59 Å². The second kappa shape index (κ2) is 14.1. The molecule has 0 radical (unpaired) electrons. The van der Waals surface area contributed by atoms with Crippen molar-refractivity contribution in [2.24, 2.45) is 5.92 Å². The third kappa shape index (κ3) is 8.55. The summed E-state index contributed by atoms with van der Waals surface area (Å²) in [6.45, 7) is 2.66. The van der Waals surface area contributed by atoms with Gasteiger partial charge in [-0.25, -0.2) is 9.78 Å². The van der Waals surface area contributed by atoms with Crippen LogP contribution < -0.4 is 16.0 Å². The van der Waals surface area contributed by atoms with E-state index in [0.29, 0.717) is 48.5 Å². The summed E-state index contributed by atoms with van der Waals surface area (Å²) >= 11 is 6.38. The fourth-order valence-electron chi connectivity index (χ4n) is 5.10. The van der Waals surface area contributed by atoms with Gasteiger partial charge in [-0.2, -0.15) is 18.2 Å². The summed E-state index contributed by atoms with van der Waals surface area (Å²) in [5.74, 6) is -1.92. The van der Waals surface area contributed by atoms with Crippen LogP contribution in [0.1, 0.15) is 40.2 Å². The Morgan fingerprint density at radius 2 is 1.85 bits per heavy atom. The first kappa shape index (κ1) is 33.2. The van der Waals surface area contributed by atoms with Crippen molar-refractivity contribution < 1.29 is 37.2 Å². The van der Waals surface area contributed by atoms with E-state index in [4.69, 9.17) is 26.0 Å². The number of hydrogen-bond acceptors (Lipinski definition) is 9. The highest BCUT2D eigenvalue weighted by Gasteiger charge is 2.38. The molecule has 12 nitrogen and oxygen atoms in total. The number of benzene rings is 2. The number of carbonyl (C=O) groups is 3. The van der Waals surface area contributed by atoms with Gasteiger partial charge in [0, 0.05) is 36.2 Å². The van der Waals surface area contributed by atoms with Crippen molar-refractivity contribution in [3.05, 3.63) is 82.3 Å². The number of fused-ring (bicyclic) bond motifs is 6. The Kier molecular flexibility index (Phi) is 9.94. The molecule has 1 atom stereocenters. The van der Waals surface area contributed by atoms with Crippen molar-refractivity contribution in [2.45, 2.75) is 38.8 Å². The van der Waals surface area contributed by atoms with Crippen LogP contribution in [0.2, 0.25) is 5.02 Å². The summed E-state index contributed by atoms with van der Waals surface area (Å²) < 4.78 is 36.8. The van der Waals surface area contributed by atoms with E-state index in [0.717, 1.165) is 41.0 Å². The summed E-state index contributed by atoms with van der Waals surface area (Å²) in [6.07, 6.45) is -0.615. The maximum absolute atomic E-state index is 13.4. The predicted molar refractivity (Wildman–Crippen MR) is 166 cm³/mol. The van der Waals surface area contributed by atoms with Crippen molar-refractivity contribution in [2.75, 3.05) is 29.0 Å². The van der Waals surface area contributed by atoms with E-state index in [1.54, 1.807) is 24.1 Å². The standard InChI is InChI=1S/C29H28ClN7O3.C2HF3O2/c1-17-12-25(36-40-17)28(39)37-11-3-5-20(16-37)27(38)34-24-10-9-22-14-19(24)8-7-18-4-2-6-21(13-18)33-29-31-15-23(30)26(32-22)35-29;3-2(4,5)1(6)7/h2,4,6,9-10,12-15,20H,3,5,7-8,11,16H2,1H3,(H,34,38)(H2,31,32,33,35);(H,6,7). The highest BCUT2D eigenvalue weighted by Crippen LogP contribution is 2.30. The molecule has 1 unspecified atom stereocenters. The Morgan fingerprint density at radius 1 is 1.09 bits per heavy atom. The Morgan fingerprint density at radius 3 is 2.57 bits per heavy atom. The molecule has 1 saturated heterocycles. The lowest BCUT2D eigenvalue weighted by Crippen LogP contribution is -2.44. The van der Waals surface area contributed by atoms with Gasteiger partial charge in [-0.1, -0.05) is 28.9 Å². The zero-order valence-electron chi connectivity index (χ0n) is 24.9. The Bertz CT molecular complexity index is 1800. The number of amides is 2. The summed E-state index contributed by atoms with van der Waals surface area (Å²) in [4.78, 5) is 45.7. The number of nitrogens with one attached hydrogen (secondary N) is 3. The number of aromatic nitrogens is 3. The molecule has 246 valence electrons. The quantitative estimate of drug-likeness (QED) is 0.199. The topological polar surface area (TPSA) is 163 Å². The number of rotatable bonds is 3. The number of carboxylic acid groups (broad SMARTS) is 1. The first-order valence-electron chi connectivity index (χ1n) is 14.5. The Balaban J connectivity index is 0.000000559. The SMILES string of the molecule is Cc1cc(C(=O)N2CCCC(C(=O)Nc3ccc4cc3CCc3cccc(c3)Nc3ncc(Cl)c(n3)N4)C2)no1.O=C(O)C(F)(F)F. The van der Waals surface area contributed by atoms with Crippen LogP contribution in [0.4, 0.5) is 42.0 Å². The molecule has 6 rings (SSSR count). The van der Waals surface area contributed by atoms with Gasteiger partial charge in [0.15, 0.2) is 11.5 Å². The van der Waals surface area contributed by atoms with E-state index in [1.165, 1.54) is 0 Å². The zero-order valence-corrected chi connectivity index (χ0v) is 25.7. The van der Waals surface area contributed by atoms with Crippen LogP contribution in [0.5, 0.6) is 0 Å².